The van der Waals surface area contributed by atoms with Crippen molar-refractivity contribution in [3.05, 3.63) is 41.2 Å². The van der Waals surface area contributed by atoms with Crippen LogP contribution in [0.15, 0.2) is 29.4 Å². The summed E-state index contributed by atoms with van der Waals surface area (Å²) in [5.74, 6) is 8.18. The molecule has 1 aliphatic carbocycles. The molecule has 0 spiro atoms. The van der Waals surface area contributed by atoms with Gasteiger partial charge in [0.15, 0.2) is 5.82 Å². The van der Waals surface area contributed by atoms with E-state index in [9.17, 15) is 0 Å². The van der Waals surface area contributed by atoms with E-state index in [2.05, 4.69) is 16.3 Å². The lowest BCUT2D eigenvalue weighted by atomic mass is 9.89. The third-order valence-corrected chi connectivity index (χ3v) is 5.15. The lowest BCUT2D eigenvalue weighted by Gasteiger charge is -2.20. The summed E-state index contributed by atoms with van der Waals surface area (Å²) in [7, 11) is 0. The molecule has 0 unspecified atom stereocenters. The van der Waals surface area contributed by atoms with Crippen LogP contribution in [0.1, 0.15) is 55.0 Å². The van der Waals surface area contributed by atoms with E-state index in [1.807, 2.05) is 24.3 Å². The fourth-order valence-corrected chi connectivity index (χ4v) is 3.79. The lowest BCUT2D eigenvalue weighted by Crippen LogP contribution is -2.18. The van der Waals surface area contributed by atoms with Crippen molar-refractivity contribution in [1.29, 1.82) is 5.26 Å². The minimum Gasteiger partial charge on any atom is -0.336 e. The van der Waals surface area contributed by atoms with E-state index in [-0.39, 0.29) is 0 Å². The second-order valence-electron chi connectivity index (χ2n) is 5.60. The largest absolute Gasteiger partial charge is 0.336 e. The lowest BCUT2D eigenvalue weighted by molar-refractivity contribution is 0.421. The molecule has 0 radical (unpaired) electrons. The Morgan fingerprint density at radius 2 is 2.00 bits per heavy atom. The maximum Gasteiger partial charge on any atom is 0.210 e. The number of hydrogen-bond acceptors (Lipinski definition) is 5. The second-order valence-corrected chi connectivity index (χ2v) is 6.55. The zero-order chi connectivity index (χ0) is 15.4. The Morgan fingerprint density at radius 1 is 1.23 bits per heavy atom. The van der Waals surface area contributed by atoms with Gasteiger partial charge in [-0.2, -0.15) is 5.26 Å². The zero-order valence-corrected chi connectivity index (χ0v) is 13.2. The number of nitrogens with two attached hydrogens (primary N) is 1. The molecule has 114 valence electrons. The van der Waals surface area contributed by atoms with Gasteiger partial charge in [0.2, 0.25) is 5.16 Å². The summed E-state index contributed by atoms with van der Waals surface area (Å²) >= 11 is 1.53. The standard InChI is InChI=1S/C16H19N5S/c17-10-13-8-4-5-9-14(13)11-22-16-20-19-15(21(16)18)12-6-2-1-3-7-12/h4-5,8-9,12H,1-3,6-7,11,18H2. The summed E-state index contributed by atoms with van der Waals surface area (Å²) in [6, 6.07) is 9.83. The summed E-state index contributed by atoms with van der Waals surface area (Å²) in [5.41, 5.74) is 1.70. The van der Waals surface area contributed by atoms with Crippen LogP contribution in [0.5, 0.6) is 0 Å². The maximum atomic E-state index is 9.13. The Balaban J connectivity index is 1.71. The van der Waals surface area contributed by atoms with Crippen LogP contribution in [0.2, 0.25) is 0 Å². The van der Waals surface area contributed by atoms with Gasteiger partial charge >= 0.3 is 0 Å². The number of nitrogen functional groups attached to an aromatic ring is 1. The van der Waals surface area contributed by atoms with E-state index in [0.29, 0.717) is 22.4 Å². The van der Waals surface area contributed by atoms with Crippen LogP contribution in [0.25, 0.3) is 0 Å². The van der Waals surface area contributed by atoms with Gasteiger partial charge in [-0.1, -0.05) is 49.2 Å². The minimum absolute atomic E-state index is 0.437. The molecule has 2 aromatic rings. The van der Waals surface area contributed by atoms with Crippen LogP contribution in [0.3, 0.4) is 0 Å². The molecule has 1 saturated carbocycles. The molecule has 1 aromatic heterocycles. The first kappa shape index (κ1) is 14.9. The van der Waals surface area contributed by atoms with E-state index in [0.717, 1.165) is 24.2 Å². The first-order chi connectivity index (χ1) is 10.8. The van der Waals surface area contributed by atoms with Gasteiger partial charge in [0.25, 0.3) is 0 Å². The summed E-state index contributed by atoms with van der Waals surface area (Å²) in [5, 5.41) is 18.4. The number of benzene rings is 1. The molecule has 22 heavy (non-hydrogen) atoms. The normalized spacial score (nSPS) is 15.6. The van der Waals surface area contributed by atoms with Crippen molar-refractivity contribution in [3.8, 4) is 6.07 Å². The van der Waals surface area contributed by atoms with Crippen LogP contribution in [0, 0.1) is 11.3 Å². The number of nitrogens with zero attached hydrogens (tertiary/aromatic N) is 4. The van der Waals surface area contributed by atoms with Crippen molar-refractivity contribution in [2.24, 2.45) is 0 Å². The topological polar surface area (TPSA) is 80.5 Å². The van der Waals surface area contributed by atoms with Gasteiger partial charge in [0.1, 0.15) is 0 Å². The van der Waals surface area contributed by atoms with Crippen LogP contribution in [-0.4, -0.2) is 14.9 Å². The maximum absolute atomic E-state index is 9.13. The number of rotatable bonds is 4. The Labute approximate surface area is 134 Å². The van der Waals surface area contributed by atoms with E-state index < -0.39 is 0 Å². The van der Waals surface area contributed by atoms with Crippen LogP contribution >= 0.6 is 11.8 Å². The van der Waals surface area contributed by atoms with Gasteiger partial charge in [-0.15, -0.1) is 10.2 Å². The Hall–Kier alpha value is -2.00. The summed E-state index contributed by atoms with van der Waals surface area (Å²) in [6.45, 7) is 0. The zero-order valence-electron chi connectivity index (χ0n) is 12.4. The van der Waals surface area contributed by atoms with Crippen molar-refractivity contribution in [3.63, 3.8) is 0 Å². The highest BCUT2D eigenvalue weighted by Gasteiger charge is 2.22. The van der Waals surface area contributed by atoms with E-state index >= 15 is 0 Å². The Kier molecular flexibility index (Phi) is 4.64. The van der Waals surface area contributed by atoms with Crippen molar-refractivity contribution in [1.82, 2.24) is 14.9 Å². The van der Waals surface area contributed by atoms with Crippen LogP contribution in [0.4, 0.5) is 0 Å². The molecule has 1 heterocycles. The molecule has 6 heteroatoms. The molecule has 0 amide bonds. The summed E-state index contributed by atoms with van der Waals surface area (Å²) in [6.07, 6.45) is 6.10. The van der Waals surface area contributed by atoms with Crippen molar-refractivity contribution >= 4 is 11.8 Å². The third kappa shape index (κ3) is 3.09. The van der Waals surface area contributed by atoms with E-state index in [1.165, 1.54) is 31.0 Å². The molecule has 1 fully saturated rings. The SMILES string of the molecule is N#Cc1ccccc1CSc1nnc(C2CCCCC2)n1N. The van der Waals surface area contributed by atoms with Crippen molar-refractivity contribution < 1.29 is 0 Å². The number of hydrogen-bond donors (Lipinski definition) is 1. The van der Waals surface area contributed by atoms with Crippen molar-refractivity contribution in [2.45, 2.75) is 48.9 Å². The summed E-state index contributed by atoms with van der Waals surface area (Å²) in [4.78, 5) is 0. The summed E-state index contributed by atoms with van der Waals surface area (Å²) < 4.78 is 1.63. The van der Waals surface area contributed by atoms with Gasteiger partial charge in [-0.05, 0) is 24.5 Å². The van der Waals surface area contributed by atoms with Gasteiger partial charge in [0, 0.05) is 11.7 Å². The molecule has 0 bridgehead atoms. The fourth-order valence-electron chi connectivity index (χ4n) is 2.92. The molecule has 0 aliphatic heterocycles. The smallest absolute Gasteiger partial charge is 0.210 e. The predicted molar refractivity (Wildman–Crippen MR) is 86.7 cm³/mol. The highest BCUT2D eigenvalue weighted by Crippen LogP contribution is 2.32. The van der Waals surface area contributed by atoms with Gasteiger partial charge in [-0.3, -0.25) is 0 Å². The number of thioether (sulfide) groups is 1. The fraction of sp³-hybridized carbons (Fsp3) is 0.438. The molecule has 2 N–H and O–H groups in total. The molecule has 1 aliphatic rings. The Morgan fingerprint density at radius 3 is 2.77 bits per heavy atom. The molecule has 3 rings (SSSR count). The second kappa shape index (κ2) is 6.84. The monoisotopic (exact) mass is 313 g/mol. The number of aromatic nitrogens is 3. The molecule has 0 atom stereocenters. The minimum atomic E-state index is 0.437. The highest BCUT2D eigenvalue weighted by molar-refractivity contribution is 7.98. The number of nitriles is 1. The quantitative estimate of drug-likeness (QED) is 0.692. The molecule has 5 nitrogen and oxygen atoms in total. The first-order valence-electron chi connectivity index (χ1n) is 7.61. The van der Waals surface area contributed by atoms with Crippen molar-refractivity contribution in [2.75, 3.05) is 5.84 Å². The Bertz CT molecular complexity index is 682. The average Bonchev–Trinajstić information content (AvgIpc) is 2.95. The molecule has 0 saturated heterocycles. The molecular weight excluding hydrogens is 294 g/mol. The molecular formula is C16H19N5S. The van der Waals surface area contributed by atoms with Gasteiger partial charge in [0.05, 0.1) is 11.6 Å². The van der Waals surface area contributed by atoms with E-state index in [1.54, 1.807) is 4.68 Å². The first-order valence-corrected chi connectivity index (χ1v) is 8.59. The van der Waals surface area contributed by atoms with Crippen LogP contribution in [-0.2, 0) is 5.75 Å². The van der Waals surface area contributed by atoms with Gasteiger partial charge in [-0.25, -0.2) is 4.68 Å². The van der Waals surface area contributed by atoms with E-state index in [4.69, 9.17) is 11.1 Å². The molecule has 1 aromatic carbocycles. The predicted octanol–water partition coefficient (Wildman–Crippen LogP) is 3.20. The van der Waals surface area contributed by atoms with Gasteiger partial charge < -0.3 is 5.84 Å². The average molecular weight is 313 g/mol. The third-order valence-electron chi connectivity index (χ3n) is 4.16. The highest BCUT2D eigenvalue weighted by atomic mass is 32.2. The van der Waals surface area contributed by atoms with Crippen LogP contribution < -0.4 is 5.84 Å².